The number of nitrogen functional groups attached to an aromatic ring is 1. The van der Waals surface area contributed by atoms with Gasteiger partial charge in [-0.15, -0.1) is 0 Å². The molecule has 106 valence electrons. The first-order valence-corrected chi connectivity index (χ1v) is 7.15. The molecule has 0 radical (unpaired) electrons. The van der Waals surface area contributed by atoms with Crippen molar-refractivity contribution in [2.24, 2.45) is 0 Å². The van der Waals surface area contributed by atoms with Crippen LogP contribution in [0.2, 0.25) is 0 Å². The van der Waals surface area contributed by atoms with Crippen LogP contribution in [0.4, 0.5) is 11.4 Å². The summed E-state index contributed by atoms with van der Waals surface area (Å²) in [4.78, 5) is 2.54. The van der Waals surface area contributed by atoms with Crippen molar-refractivity contribution >= 4 is 11.4 Å². The average Bonchev–Trinajstić information content (AvgIpc) is 2.43. The van der Waals surface area contributed by atoms with E-state index >= 15 is 0 Å². The van der Waals surface area contributed by atoms with Gasteiger partial charge in [0.1, 0.15) is 5.75 Å². The van der Waals surface area contributed by atoms with Gasteiger partial charge in [-0.25, -0.2) is 0 Å². The molecule has 2 rings (SSSR count). The first kappa shape index (κ1) is 14.0. The van der Waals surface area contributed by atoms with Gasteiger partial charge in [-0.2, -0.15) is 0 Å². The summed E-state index contributed by atoms with van der Waals surface area (Å²) in [5.74, 6) is 0.744. The monoisotopic (exact) mass is 263 g/mol. The molecule has 4 heteroatoms. The number of ether oxygens (including phenoxy) is 1. The van der Waals surface area contributed by atoms with Crippen LogP contribution < -0.4 is 15.8 Å². The SMILES string of the molecule is CCCN1CCC(Nc2ccc(N)c(OC)c2)CC1. The fraction of sp³-hybridized carbons (Fsp3) is 0.600. The molecular weight excluding hydrogens is 238 g/mol. The summed E-state index contributed by atoms with van der Waals surface area (Å²) in [6.45, 7) is 5.85. The molecule has 1 aliphatic rings. The van der Waals surface area contributed by atoms with Crippen LogP contribution in [0.15, 0.2) is 18.2 Å². The van der Waals surface area contributed by atoms with Crippen LogP contribution in [0.25, 0.3) is 0 Å². The number of nitrogens with one attached hydrogen (secondary N) is 1. The number of benzene rings is 1. The Morgan fingerprint density at radius 1 is 1.37 bits per heavy atom. The minimum Gasteiger partial charge on any atom is -0.495 e. The maximum absolute atomic E-state index is 5.83. The summed E-state index contributed by atoms with van der Waals surface area (Å²) < 4.78 is 5.25. The lowest BCUT2D eigenvalue weighted by molar-refractivity contribution is 0.219. The van der Waals surface area contributed by atoms with Crippen molar-refractivity contribution < 1.29 is 4.74 Å². The number of nitrogens with zero attached hydrogens (tertiary/aromatic N) is 1. The average molecular weight is 263 g/mol. The quantitative estimate of drug-likeness (QED) is 0.802. The third kappa shape index (κ3) is 3.77. The van der Waals surface area contributed by atoms with E-state index in [1.165, 1.54) is 38.9 Å². The summed E-state index contributed by atoms with van der Waals surface area (Å²) >= 11 is 0. The minimum atomic E-state index is 0.557. The summed E-state index contributed by atoms with van der Waals surface area (Å²) in [6, 6.07) is 6.46. The van der Waals surface area contributed by atoms with Gasteiger partial charge >= 0.3 is 0 Å². The molecule has 3 N–H and O–H groups in total. The highest BCUT2D eigenvalue weighted by Crippen LogP contribution is 2.26. The van der Waals surface area contributed by atoms with Crippen LogP contribution in [-0.4, -0.2) is 37.7 Å². The Kier molecular flexibility index (Phi) is 4.91. The van der Waals surface area contributed by atoms with E-state index in [4.69, 9.17) is 10.5 Å². The van der Waals surface area contributed by atoms with Crippen molar-refractivity contribution in [2.75, 3.05) is 37.8 Å². The van der Waals surface area contributed by atoms with E-state index in [0.29, 0.717) is 11.7 Å². The predicted molar refractivity (Wildman–Crippen MR) is 80.8 cm³/mol. The van der Waals surface area contributed by atoms with Gasteiger partial charge in [-0.3, -0.25) is 0 Å². The Balaban J connectivity index is 1.88. The topological polar surface area (TPSA) is 50.5 Å². The number of nitrogens with two attached hydrogens (primary N) is 1. The van der Waals surface area contributed by atoms with Crippen molar-refractivity contribution in [1.29, 1.82) is 0 Å². The van der Waals surface area contributed by atoms with Crippen LogP contribution in [0.3, 0.4) is 0 Å². The van der Waals surface area contributed by atoms with Gasteiger partial charge in [0.05, 0.1) is 12.8 Å². The van der Waals surface area contributed by atoms with Gasteiger partial charge in [0.25, 0.3) is 0 Å². The Morgan fingerprint density at radius 2 is 2.11 bits per heavy atom. The molecule has 0 amide bonds. The third-order valence-electron chi connectivity index (χ3n) is 3.73. The van der Waals surface area contributed by atoms with E-state index in [-0.39, 0.29) is 0 Å². The van der Waals surface area contributed by atoms with Crippen molar-refractivity contribution in [3.63, 3.8) is 0 Å². The standard InChI is InChI=1S/C15H25N3O/c1-3-8-18-9-6-12(7-10-18)17-13-4-5-14(16)15(11-13)19-2/h4-5,11-12,17H,3,6-10,16H2,1-2H3. The van der Waals surface area contributed by atoms with Gasteiger partial charge in [0, 0.05) is 30.9 Å². The smallest absolute Gasteiger partial charge is 0.143 e. The molecule has 19 heavy (non-hydrogen) atoms. The third-order valence-corrected chi connectivity index (χ3v) is 3.73. The van der Waals surface area contributed by atoms with Crippen LogP contribution >= 0.6 is 0 Å². The molecule has 1 saturated heterocycles. The summed E-state index contributed by atoms with van der Waals surface area (Å²) in [7, 11) is 1.65. The summed E-state index contributed by atoms with van der Waals surface area (Å²) in [5, 5.41) is 3.58. The van der Waals surface area contributed by atoms with Crippen LogP contribution in [0.5, 0.6) is 5.75 Å². The molecule has 0 atom stereocenters. The number of hydrogen-bond donors (Lipinski definition) is 2. The molecule has 0 spiro atoms. The van der Waals surface area contributed by atoms with Gasteiger partial charge in [-0.1, -0.05) is 6.92 Å². The summed E-state index contributed by atoms with van der Waals surface area (Å²) in [6.07, 6.45) is 3.65. The first-order valence-electron chi connectivity index (χ1n) is 7.15. The highest BCUT2D eigenvalue weighted by atomic mass is 16.5. The Morgan fingerprint density at radius 3 is 2.74 bits per heavy atom. The fourth-order valence-corrected chi connectivity index (χ4v) is 2.65. The predicted octanol–water partition coefficient (Wildman–Crippen LogP) is 2.56. The Bertz CT molecular complexity index is 400. The van der Waals surface area contributed by atoms with Gasteiger partial charge in [0.15, 0.2) is 0 Å². The van der Waals surface area contributed by atoms with Crippen LogP contribution in [0.1, 0.15) is 26.2 Å². The lowest BCUT2D eigenvalue weighted by Gasteiger charge is -2.32. The molecule has 0 unspecified atom stereocenters. The summed E-state index contributed by atoms with van der Waals surface area (Å²) in [5.41, 5.74) is 7.61. The van der Waals surface area contributed by atoms with Crippen molar-refractivity contribution in [1.82, 2.24) is 4.90 Å². The van der Waals surface area contributed by atoms with Crippen LogP contribution in [0, 0.1) is 0 Å². The van der Waals surface area contributed by atoms with Crippen molar-refractivity contribution in [2.45, 2.75) is 32.2 Å². The molecular formula is C15H25N3O. The second-order valence-corrected chi connectivity index (χ2v) is 5.22. The van der Waals surface area contributed by atoms with E-state index in [2.05, 4.69) is 17.1 Å². The van der Waals surface area contributed by atoms with E-state index < -0.39 is 0 Å². The number of methoxy groups -OCH3 is 1. The highest BCUT2D eigenvalue weighted by molar-refractivity contribution is 5.61. The number of likely N-dealkylation sites (tertiary alicyclic amines) is 1. The number of rotatable bonds is 5. The van der Waals surface area contributed by atoms with Gasteiger partial charge in [-0.05, 0) is 37.9 Å². The molecule has 1 aromatic rings. The Labute approximate surface area is 115 Å². The molecule has 1 aliphatic heterocycles. The number of anilines is 2. The van der Waals surface area contributed by atoms with E-state index in [9.17, 15) is 0 Å². The highest BCUT2D eigenvalue weighted by Gasteiger charge is 2.18. The molecule has 4 nitrogen and oxygen atoms in total. The van der Waals surface area contributed by atoms with Gasteiger partial charge in [0.2, 0.25) is 0 Å². The van der Waals surface area contributed by atoms with E-state index in [1.807, 2.05) is 18.2 Å². The zero-order valence-corrected chi connectivity index (χ0v) is 12.0. The Hall–Kier alpha value is -1.42. The normalized spacial score (nSPS) is 17.4. The maximum atomic E-state index is 5.83. The largest absolute Gasteiger partial charge is 0.495 e. The zero-order valence-electron chi connectivity index (χ0n) is 12.0. The number of piperidine rings is 1. The molecule has 0 aliphatic carbocycles. The molecule has 1 fully saturated rings. The maximum Gasteiger partial charge on any atom is 0.143 e. The molecule has 1 aromatic carbocycles. The minimum absolute atomic E-state index is 0.557. The zero-order chi connectivity index (χ0) is 13.7. The lowest BCUT2D eigenvalue weighted by atomic mass is 10.0. The number of hydrogen-bond acceptors (Lipinski definition) is 4. The first-order chi connectivity index (χ1) is 9.22. The lowest BCUT2D eigenvalue weighted by Crippen LogP contribution is -2.39. The molecule has 1 heterocycles. The second-order valence-electron chi connectivity index (χ2n) is 5.22. The van der Waals surface area contributed by atoms with Gasteiger partial charge < -0.3 is 20.7 Å². The molecule has 0 aromatic heterocycles. The van der Waals surface area contributed by atoms with Crippen LogP contribution in [-0.2, 0) is 0 Å². The van der Waals surface area contributed by atoms with E-state index in [1.54, 1.807) is 7.11 Å². The second kappa shape index (κ2) is 6.66. The van der Waals surface area contributed by atoms with E-state index in [0.717, 1.165) is 11.4 Å². The van der Waals surface area contributed by atoms with Crippen molar-refractivity contribution in [3.8, 4) is 5.75 Å². The molecule has 0 saturated carbocycles. The fourth-order valence-electron chi connectivity index (χ4n) is 2.65. The molecule has 0 bridgehead atoms. The van der Waals surface area contributed by atoms with Crippen molar-refractivity contribution in [3.05, 3.63) is 18.2 Å².